The first kappa shape index (κ1) is 26.9. The maximum Gasteiger partial charge on any atom is 0.490 e. The van der Waals surface area contributed by atoms with Crippen LogP contribution >= 0.6 is 0 Å². The van der Waals surface area contributed by atoms with Crippen LogP contribution in [0.1, 0.15) is 6.42 Å². The summed E-state index contributed by atoms with van der Waals surface area (Å²) in [5, 5.41) is 9.90. The minimum Gasteiger partial charge on any atom is -0.475 e. The fourth-order valence-electron chi connectivity index (χ4n) is 4.04. The largest absolute Gasteiger partial charge is 0.490 e. The van der Waals surface area contributed by atoms with Crippen molar-refractivity contribution in [3.05, 3.63) is 60.2 Å². The number of carboxylic acids is 1. The summed E-state index contributed by atoms with van der Waals surface area (Å²) in [6, 6.07) is 11.3. The zero-order valence-electron chi connectivity index (χ0n) is 19.1. The van der Waals surface area contributed by atoms with E-state index in [9.17, 15) is 31.5 Å². The highest BCUT2D eigenvalue weighted by Gasteiger charge is 2.48. The van der Waals surface area contributed by atoms with E-state index in [0.717, 1.165) is 0 Å². The Morgan fingerprint density at radius 3 is 2.25 bits per heavy atom. The van der Waals surface area contributed by atoms with Gasteiger partial charge in [-0.25, -0.2) is 18.4 Å². The number of hydrogen-bond donors (Lipinski definition) is 2. The molecule has 0 aliphatic carbocycles. The Bertz CT molecular complexity index is 1130. The molecule has 2 saturated heterocycles. The number of aliphatic carboxylic acids is 1. The number of nitrogens with one attached hydrogen (secondary N) is 1. The van der Waals surface area contributed by atoms with Crippen molar-refractivity contribution in [2.24, 2.45) is 0 Å². The summed E-state index contributed by atoms with van der Waals surface area (Å²) in [5.74, 6) is -3.62. The van der Waals surface area contributed by atoms with Gasteiger partial charge in [-0.3, -0.25) is 9.69 Å². The third-order valence-corrected chi connectivity index (χ3v) is 6.01. The molecule has 0 bridgehead atoms. The van der Waals surface area contributed by atoms with Crippen molar-refractivity contribution >= 4 is 29.3 Å². The van der Waals surface area contributed by atoms with E-state index in [1.54, 1.807) is 21.9 Å². The van der Waals surface area contributed by atoms with Gasteiger partial charge in [0.05, 0.1) is 12.1 Å². The normalized spacial score (nSPS) is 20.2. The molecule has 4 rings (SSSR count). The minimum absolute atomic E-state index is 0.0991. The SMILES string of the molecule is CN1CC(=O)N(c2cccc(F)c2)CC12CCN(C(=O)Nc1ccc(F)cc1)C2.O=C(O)C(F)(F)F. The molecule has 2 heterocycles. The molecule has 36 heavy (non-hydrogen) atoms. The first-order valence-corrected chi connectivity index (χ1v) is 10.7. The van der Waals surface area contributed by atoms with Gasteiger partial charge >= 0.3 is 18.2 Å². The molecule has 194 valence electrons. The van der Waals surface area contributed by atoms with Gasteiger partial charge in [-0.2, -0.15) is 13.2 Å². The van der Waals surface area contributed by atoms with Gasteiger partial charge in [-0.1, -0.05) is 6.07 Å². The molecular formula is C23H23F5N4O4. The molecule has 8 nitrogen and oxygen atoms in total. The number of likely N-dealkylation sites (tertiary alicyclic amines) is 1. The number of hydrogen-bond acceptors (Lipinski definition) is 4. The van der Waals surface area contributed by atoms with E-state index in [1.165, 1.54) is 36.4 Å². The molecule has 13 heteroatoms. The van der Waals surface area contributed by atoms with Crippen LogP contribution in [-0.2, 0) is 9.59 Å². The molecular weight excluding hydrogens is 491 g/mol. The molecule has 2 aliphatic heterocycles. The number of likely N-dealkylation sites (N-methyl/N-ethyl adjacent to an activating group) is 1. The van der Waals surface area contributed by atoms with Gasteiger partial charge < -0.3 is 20.2 Å². The average molecular weight is 514 g/mol. The first-order valence-electron chi connectivity index (χ1n) is 10.7. The summed E-state index contributed by atoms with van der Waals surface area (Å²) in [5.41, 5.74) is 0.642. The van der Waals surface area contributed by atoms with Gasteiger partial charge in [0.1, 0.15) is 11.6 Å². The van der Waals surface area contributed by atoms with Gasteiger partial charge in [0.15, 0.2) is 0 Å². The summed E-state index contributed by atoms with van der Waals surface area (Å²) in [6.07, 6.45) is -4.39. The summed E-state index contributed by atoms with van der Waals surface area (Å²) >= 11 is 0. The molecule has 1 atom stereocenters. The lowest BCUT2D eigenvalue weighted by Crippen LogP contribution is -2.64. The molecule has 1 spiro atoms. The highest BCUT2D eigenvalue weighted by atomic mass is 19.4. The van der Waals surface area contributed by atoms with Crippen molar-refractivity contribution in [1.82, 2.24) is 9.80 Å². The summed E-state index contributed by atoms with van der Waals surface area (Å²) in [4.78, 5) is 39.4. The molecule has 0 aromatic heterocycles. The number of urea groups is 1. The Labute approximate surface area is 202 Å². The van der Waals surface area contributed by atoms with Gasteiger partial charge in [-0.05, 0) is 55.9 Å². The number of alkyl halides is 3. The van der Waals surface area contributed by atoms with E-state index in [-0.39, 0.29) is 24.3 Å². The van der Waals surface area contributed by atoms with Crippen molar-refractivity contribution in [3.63, 3.8) is 0 Å². The number of carbonyl (C=O) groups excluding carboxylic acids is 2. The highest BCUT2D eigenvalue weighted by Crippen LogP contribution is 2.33. The molecule has 0 radical (unpaired) electrons. The maximum atomic E-state index is 13.7. The standard InChI is InChI=1S/C21H22F2N4O2.C2HF3O2/c1-25-12-19(28)27(18-4-2-3-16(23)11-18)14-21(25)9-10-26(13-21)20(29)24-17-7-5-15(22)6-8-17;3-2(4,5)1(6)7/h2-8,11H,9-10,12-14H2,1H3,(H,24,29);(H,6,7). The molecule has 1 unspecified atom stereocenters. The number of carbonyl (C=O) groups is 3. The third kappa shape index (κ3) is 6.27. The minimum atomic E-state index is -5.08. The summed E-state index contributed by atoms with van der Waals surface area (Å²) in [7, 11) is 1.88. The van der Waals surface area contributed by atoms with E-state index in [1.807, 2.05) is 11.9 Å². The van der Waals surface area contributed by atoms with Crippen molar-refractivity contribution in [2.75, 3.05) is 43.4 Å². The van der Waals surface area contributed by atoms with Crippen LogP contribution in [0.4, 0.5) is 38.1 Å². The predicted octanol–water partition coefficient (Wildman–Crippen LogP) is 3.55. The van der Waals surface area contributed by atoms with Crippen LogP contribution < -0.4 is 10.2 Å². The van der Waals surface area contributed by atoms with Gasteiger partial charge in [0.25, 0.3) is 0 Å². The maximum absolute atomic E-state index is 13.7. The molecule has 3 amide bonds. The smallest absolute Gasteiger partial charge is 0.475 e. The lowest BCUT2D eigenvalue weighted by atomic mass is 9.92. The Morgan fingerprint density at radius 2 is 1.67 bits per heavy atom. The van der Waals surface area contributed by atoms with Crippen LogP contribution in [0.3, 0.4) is 0 Å². The van der Waals surface area contributed by atoms with Crippen molar-refractivity contribution in [1.29, 1.82) is 0 Å². The van der Waals surface area contributed by atoms with E-state index in [2.05, 4.69) is 5.32 Å². The number of carboxylic acid groups (broad SMARTS) is 1. The second-order valence-corrected chi connectivity index (χ2v) is 8.45. The van der Waals surface area contributed by atoms with Crippen LogP contribution in [0.2, 0.25) is 0 Å². The Hall–Kier alpha value is -3.74. The van der Waals surface area contributed by atoms with Crippen molar-refractivity contribution in [2.45, 2.75) is 18.1 Å². The third-order valence-electron chi connectivity index (χ3n) is 6.01. The van der Waals surface area contributed by atoms with E-state index >= 15 is 0 Å². The summed E-state index contributed by atoms with van der Waals surface area (Å²) in [6.45, 7) is 1.55. The number of rotatable bonds is 2. The predicted molar refractivity (Wildman–Crippen MR) is 119 cm³/mol. The van der Waals surface area contributed by atoms with Crippen LogP contribution in [-0.4, -0.2) is 77.8 Å². The van der Waals surface area contributed by atoms with E-state index in [4.69, 9.17) is 9.90 Å². The molecule has 2 aliphatic rings. The van der Waals surface area contributed by atoms with Crippen LogP contribution in [0.25, 0.3) is 0 Å². The quantitative estimate of drug-likeness (QED) is 0.598. The molecule has 2 aromatic carbocycles. The first-order chi connectivity index (χ1) is 16.8. The topological polar surface area (TPSA) is 93.2 Å². The van der Waals surface area contributed by atoms with Crippen LogP contribution in [0.15, 0.2) is 48.5 Å². The molecule has 2 N–H and O–H groups in total. The number of benzene rings is 2. The second-order valence-electron chi connectivity index (χ2n) is 8.45. The highest BCUT2D eigenvalue weighted by molar-refractivity contribution is 5.96. The Balaban J connectivity index is 0.000000454. The zero-order valence-corrected chi connectivity index (χ0v) is 19.1. The Kier molecular flexibility index (Phi) is 7.82. The van der Waals surface area contributed by atoms with E-state index < -0.39 is 23.5 Å². The lowest BCUT2D eigenvalue weighted by molar-refractivity contribution is -0.192. The van der Waals surface area contributed by atoms with Crippen molar-refractivity contribution < 1.29 is 41.4 Å². The number of anilines is 2. The molecule has 2 aromatic rings. The molecule has 0 saturated carbocycles. The lowest BCUT2D eigenvalue weighted by Gasteiger charge is -2.46. The number of nitrogens with zero attached hydrogens (tertiary/aromatic N) is 3. The van der Waals surface area contributed by atoms with E-state index in [0.29, 0.717) is 37.4 Å². The van der Waals surface area contributed by atoms with Gasteiger partial charge in [-0.15, -0.1) is 0 Å². The summed E-state index contributed by atoms with van der Waals surface area (Å²) < 4.78 is 58.5. The number of halogens is 5. The zero-order chi connectivity index (χ0) is 26.7. The van der Waals surface area contributed by atoms with Gasteiger partial charge in [0.2, 0.25) is 5.91 Å². The fourth-order valence-corrected chi connectivity index (χ4v) is 4.04. The monoisotopic (exact) mass is 514 g/mol. The average Bonchev–Trinajstić information content (AvgIpc) is 3.23. The molecule has 2 fully saturated rings. The Morgan fingerprint density at radius 1 is 1.03 bits per heavy atom. The fraction of sp³-hybridized carbons (Fsp3) is 0.348. The van der Waals surface area contributed by atoms with Gasteiger partial charge in [0, 0.05) is 31.0 Å². The number of amides is 3. The number of piperazine rings is 1. The van der Waals surface area contributed by atoms with Crippen LogP contribution in [0.5, 0.6) is 0 Å². The van der Waals surface area contributed by atoms with Crippen molar-refractivity contribution in [3.8, 4) is 0 Å². The van der Waals surface area contributed by atoms with Crippen LogP contribution in [0, 0.1) is 11.6 Å². The second kappa shape index (κ2) is 10.5.